The molecular weight excluding hydrogens is 164 g/mol. The molecule has 2 saturated carbocycles. The van der Waals surface area contributed by atoms with Crippen molar-refractivity contribution in [2.75, 3.05) is 6.61 Å². The first-order valence-electron chi connectivity index (χ1n) is 5.26. The summed E-state index contributed by atoms with van der Waals surface area (Å²) in [5.74, 6) is 1.40. The molecular formula is C10H18N2O. The molecule has 3 nitrogen and oxygen atoms in total. The Labute approximate surface area is 79.4 Å². The fraction of sp³-hybridized carbons (Fsp3) is 0.900. The zero-order valence-corrected chi connectivity index (χ0v) is 8.20. The lowest BCUT2D eigenvalue weighted by Gasteiger charge is -2.15. The molecule has 0 aromatic rings. The monoisotopic (exact) mass is 182 g/mol. The Morgan fingerprint density at radius 1 is 1.46 bits per heavy atom. The summed E-state index contributed by atoms with van der Waals surface area (Å²) in [5.41, 5.74) is 5.91. The maximum atomic E-state index is 5.91. The van der Waals surface area contributed by atoms with Crippen LogP contribution in [0.15, 0.2) is 4.99 Å². The summed E-state index contributed by atoms with van der Waals surface area (Å²) in [7, 11) is 0. The zero-order valence-electron chi connectivity index (χ0n) is 8.20. The molecule has 74 valence electrons. The number of amidine groups is 1. The maximum absolute atomic E-state index is 5.91. The fourth-order valence-electron chi connectivity index (χ4n) is 1.53. The van der Waals surface area contributed by atoms with Crippen LogP contribution in [0.2, 0.25) is 0 Å². The van der Waals surface area contributed by atoms with Crippen molar-refractivity contribution in [3.8, 4) is 0 Å². The van der Waals surface area contributed by atoms with Gasteiger partial charge in [0.15, 0.2) is 0 Å². The second-order valence-corrected chi connectivity index (χ2v) is 4.00. The summed E-state index contributed by atoms with van der Waals surface area (Å²) in [6.45, 7) is 2.75. The zero-order chi connectivity index (χ0) is 9.26. The van der Waals surface area contributed by atoms with Crippen molar-refractivity contribution in [2.24, 2.45) is 16.6 Å². The van der Waals surface area contributed by atoms with Crippen LogP contribution in [0, 0.1) is 5.92 Å². The molecule has 3 heteroatoms. The van der Waals surface area contributed by atoms with E-state index >= 15 is 0 Å². The van der Waals surface area contributed by atoms with Crippen molar-refractivity contribution in [3.63, 3.8) is 0 Å². The van der Waals surface area contributed by atoms with E-state index in [1.54, 1.807) is 0 Å². The molecule has 1 atom stereocenters. The molecule has 0 spiro atoms. The second-order valence-electron chi connectivity index (χ2n) is 4.00. The Hall–Kier alpha value is -0.570. The summed E-state index contributed by atoms with van der Waals surface area (Å²) in [4.78, 5) is 4.44. The molecule has 1 unspecified atom stereocenters. The topological polar surface area (TPSA) is 47.6 Å². The molecule has 0 heterocycles. The summed E-state index contributed by atoms with van der Waals surface area (Å²) in [6, 6.07) is 0.515. The van der Waals surface area contributed by atoms with Crippen LogP contribution in [0.3, 0.4) is 0 Å². The largest absolute Gasteiger partial charge is 0.385 e. The minimum Gasteiger partial charge on any atom is -0.385 e. The molecule has 2 N–H and O–H groups in total. The van der Waals surface area contributed by atoms with Gasteiger partial charge in [-0.25, -0.2) is 0 Å². The lowest BCUT2D eigenvalue weighted by Crippen LogP contribution is -2.33. The first kappa shape index (κ1) is 9.00. The highest BCUT2D eigenvalue weighted by atomic mass is 16.5. The van der Waals surface area contributed by atoms with E-state index in [1.807, 2.05) is 6.92 Å². The van der Waals surface area contributed by atoms with Crippen molar-refractivity contribution in [2.45, 2.75) is 44.8 Å². The molecule has 2 aliphatic rings. The van der Waals surface area contributed by atoms with Gasteiger partial charge >= 0.3 is 0 Å². The Bertz CT molecular complexity index is 207. The third-order valence-corrected chi connectivity index (χ3v) is 2.57. The van der Waals surface area contributed by atoms with Gasteiger partial charge in [0.25, 0.3) is 0 Å². The number of rotatable bonds is 5. The summed E-state index contributed by atoms with van der Waals surface area (Å²) >= 11 is 0. The van der Waals surface area contributed by atoms with E-state index in [0.717, 1.165) is 12.4 Å². The van der Waals surface area contributed by atoms with Gasteiger partial charge in [-0.15, -0.1) is 0 Å². The van der Waals surface area contributed by atoms with E-state index in [1.165, 1.54) is 25.7 Å². The molecule has 13 heavy (non-hydrogen) atoms. The second kappa shape index (κ2) is 3.66. The van der Waals surface area contributed by atoms with Gasteiger partial charge < -0.3 is 10.5 Å². The maximum Gasteiger partial charge on any atom is 0.124 e. The van der Waals surface area contributed by atoms with E-state index in [9.17, 15) is 0 Å². The summed E-state index contributed by atoms with van der Waals surface area (Å²) in [6.07, 6.45) is 5.05. The van der Waals surface area contributed by atoms with Crippen LogP contribution in [0.5, 0.6) is 0 Å². The van der Waals surface area contributed by atoms with Gasteiger partial charge in [-0.2, -0.15) is 0 Å². The van der Waals surface area contributed by atoms with Crippen LogP contribution in [-0.4, -0.2) is 24.6 Å². The molecule has 0 aromatic heterocycles. The van der Waals surface area contributed by atoms with Crippen LogP contribution >= 0.6 is 0 Å². The van der Waals surface area contributed by atoms with Crippen LogP contribution in [-0.2, 0) is 4.74 Å². The van der Waals surface area contributed by atoms with Gasteiger partial charge in [-0.1, -0.05) is 0 Å². The molecule has 2 aliphatic carbocycles. The lowest BCUT2D eigenvalue weighted by atomic mass is 10.2. The van der Waals surface area contributed by atoms with E-state index in [4.69, 9.17) is 10.5 Å². The molecule has 0 amide bonds. The Morgan fingerprint density at radius 3 is 2.62 bits per heavy atom. The predicted molar refractivity (Wildman–Crippen MR) is 52.8 cm³/mol. The van der Waals surface area contributed by atoms with Crippen LogP contribution < -0.4 is 5.73 Å². The third-order valence-electron chi connectivity index (χ3n) is 2.57. The number of ether oxygens (including phenoxy) is 1. The van der Waals surface area contributed by atoms with Crippen molar-refractivity contribution in [1.29, 1.82) is 0 Å². The lowest BCUT2D eigenvalue weighted by molar-refractivity contribution is 0.0936. The van der Waals surface area contributed by atoms with E-state index in [2.05, 4.69) is 4.99 Å². The summed E-state index contributed by atoms with van der Waals surface area (Å²) < 4.78 is 5.60. The van der Waals surface area contributed by atoms with Crippen molar-refractivity contribution >= 4 is 5.84 Å². The number of nitrogens with zero attached hydrogens (tertiary/aromatic N) is 1. The Morgan fingerprint density at radius 2 is 2.15 bits per heavy atom. The molecule has 2 fully saturated rings. The number of aliphatic imine (C=N–C) groups is 1. The van der Waals surface area contributed by atoms with Gasteiger partial charge in [0, 0.05) is 6.61 Å². The molecule has 0 bridgehead atoms. The van der Waals surface area contributed by atoms with Gasteiger partial charge in [0.2, 0.25) is 0 Å². The molecule has 0 radical (unpaired) electrons. The summed E-state index contributed by atoms with van der Waals surface area (Å²) in [5, 5.41) is 0. The number of nitrogens with two attached hydrogens (primary N) is 1. The number of hydrogen-bond acceptors (Lipinski definition) is 2. The predicted octanol–water partition coefficient (Wildman–Crippen LogP) is 1.32. The standard InChI is InChI=1S/C10H18N2O/c1-2-13-9(7-3-4-7)10(11)12-8-5-6-8/h7-9H,2-6H2,1H3,(H2,11,12). The highest BCUT2D eigenvalue weighted by Gasteiger charge is 2.35. The SMILES string of the molecule is CCOC(C(N)=NC1CC1)C1CC1. The van der Waals surface area contributed by atoms with Gasteiger partial charge in [-0.3, -0.25) is 4.99 Å². The van der Waals surface area contributed by atoms with Gasteiger partial charge in [0.05, 0.1) is 6.04 Å². The van der Waals surface area contributed by atoms with E-state index in [-0.39, 0.29) is 6.10 Å². The van der Waals surface area contributed by atoms with Crippen LogP contribution in [0.25, 0.3) is 0 Å². The minimum absolute atomic E-state index is 0.116. The van der Waals surface area contributed by atoms with E-state index < -0.39 is 0 Å². The number of hydrogen-bond donors (Lipinski definition) is 1. The highest BCUT2D eigenvalue weighted by molar-refractivity contribution is 5.85. The average molecular weight is 182 g/mol. The molecule has 2 rings (SSSR count). The van der Waals surface area contributed by atoms with Crippen LogP contribution in [0.1, 0.15) is 32.6 Å². The van der Waals surface area contributed by atoms with Gasteiger partial charge in [-0.05, 0) is 38.5 Å². The minimum atomic E-state index is 0.116. The smallest absolute Gasteiger partial charge is 0.124 e. The third kappa shape index (κ3) is 2.44. The fourth-order valence-corrected chi connectivity index (χ4v) is 1.53. The Kier molecular flexibility index (Phi) is 2.54. The van der Waals surface area contributed by atoms with Crippen molar-refractivity contribution in [3.05, 3.63) is 0 Å². The van der Waals surface area contributed by atoms with Crippen molar-refractivity contribution < 1.29 is 4.74 Å². The van der Waals surface area contributed by atoms with Crippen molar-refractivity contribution in [1.82, 2.24) is 0 Å². The van der Waals surface area contributed by atoms with Gasteiger partial charge in [0.1, 0.15) is 11.9 Å². The van der Waals surface area contributed by atoms with Crippen LogP contribution in [0.4, 0.5) is 0 Å². The first-order chi connectivity index (χ1) is 6.31. The molecule has 0 saturated heterocycles. The Balaban J connectivity index is 1.91. The highest BCUT2D eigenvalue weighted by Crippen LogP contribution is 2.35. The molecule has 0 aliphatic heterocycles. The molecule has 0 aromatic carbocycles. The average Bonchev–Trinajstić information content (AvgIpc) is 2.92. The quantitative estimate of drug-likeness (QED) is 0.515. The normalized spacial score (nSPS) is 26.1. The first-order valence-corrected chi connectivity index (χ1v) is 5.26. The van der Waals surface area contributed by atoms with E-state index in [0.29, 0.717) is 12.0 Å².